The van der Waals surface area contributed by atoms with Crippen molar-refractivity contribution in [2.75, 3.05) is 0 Å². The Bertz CT molecular complexity index is 1220. The average molecular weight is 327 g/mol. The van der Waals surface area contributed by atoms with E-state index in [1.54, 1.807) is 0 Å². The molecule has 25 heavy (non-hydrogen) atoms. The third-order valence-corrected chi connectivity index (χ3v) is 4.76. The smallest absolute Gasteiger partial charge is 0.239 e. The standard InChI is InChI=1S/C22H15FN2/c23-17-11-9-15(10-12-17)14-25-21-8-4-1-5-16(21)13-20-22(25)18-6-2-3-7-19(18)24-20/h1-13H,14H2/p+1. The molecule has 0 radical (unpaired) electrons. The number of halogens is 1. The number of hydrogen-bond acceptors (Lipinski definition) is 0. The van der Waals surface area contributed by atoms with Crippen LogP contribution in [0.2, 0.25) is 0 Å². The SMILES string of the molecule is Fc1ccc(C[n+]2c3ccccc3cc3[nH]c4ccccc4c32)cc1. The van der Waals surface area contributed by atoms with E-state index in [2.05, 4.69) is 58.1 Å². The van der Waals surface area contributed by atoms with Crippen LogP contribution < -0.4 is 4.57 Å². The summed E-state index contributed by atoms with van der Waals surface area (Å²) in [5.41, 5.74) is 5.67. The van der Waals surface area contributed by atoms with Crippen molar-refractivity contribution < 1.29 is 8.96 Å². The lowest BCUT2D eigenvalue weighted by Gasteiger charge is -2.04. The number of benzene rings is 3. The molecule has 0 saturated carbocycles. The van der Waals surface area contributed by atoms with Crippen LogP contribution in [0.25, 0.3) is 32.8 Å². The van der Waals surface area contributed by atoms with E-state index in [9.17, 15) is 4.39 Å². The van der Waals surface area contributed by atoms with Crippen LogP contribution in [0, 0.1) is 5.82 Å². The Morgan fingerprint density at radius 1 is 0.800 bits per heavy atom. The predicted molar refractivity (Wildman–Crippen MR) is 99.0 cm³/mol. The summed E-state index contributed by atoms with van der Waals surface area (Å²) in [6.45, 7) is 0.694. The van der Waals surface area contributed by atoms with Crippen LogP contribution in [0.15, 0.2) is 78.9 Å². The van der Waals surface area contributed by atoms with Gasteiger partial charge in [-0.1, -0.05) is 24.3 Å². The summed E-state index contributed by atoms with van der Waals surface area (Å²) in [4.78, 5) is 3.52. The lowest BCUT2D eigenvalue weighted by atomic mass is 10.1. The van der Waals surface area contributed by atoms with Crippen molar-refractivity contribution in [1.82, 2.24) is 4.98 Å². The topological polar surface area (TPSA) is 19.7 Å². The van der Waals surface area contributed by atoms with Crippen molar-refractivity contribution in [1.29, 1.82) is 0 Å². The molecule has 2 heterocycles. The van der Waals surface area contributed by atoms with Gasteiger partial charge >= 0.3 is 0 Å². The quantitative estimate of drug-likeness (QED) is 0.443. The highest BCUT2D eigenvalue weighted by Crippen LogP contribution is 2.26. The average Bonchev–Trinajstić information content (AvgIpc) is 3.01. The van der Waals surface area contributed by atoms with E-state index >= 15 is 0 Å². The molecule has 0 saturated heterocycles. The number of rotatable bonds is 2. The molecule has 0 aliphatic carbocycles. The van der Waals surface area contributed by atoms with Crippen LogP contribution in [0.4, 0.5) is 4.39 Å². The number of nitrogens with zero attached hydrogens (tertiary/aromatic N) is 1. The highest BCUT2D eigenvalue weighted by molar-refractivity contribution is 6.05. The second kappa shape index (κ2) is 5.42. The third-order valence-electron chi connectivity index (χ3n) is 4.76. The monoisotopic (exact) mass is 327 g/mol. The Morgan fingerprint density at radius 3 is 2.44 bits per heavy atom. The van der Waals surface area contributed by atoms with Gasteiger partial charge in [0.15, 0.2) is 6.54 Å². The molecule has 0 atom stereocenters. The predicted octanol–water partition coefficient (Wildman–Crippen LogP) is 4.95. The maximum Gasteiger partial charge on any atom is 0.239 e. The van der Waals surface area contributed by atoms with E-state index in [1.807, 2.05) is 18.2 Å². The number of fused-ring (bicyclic) bond motifs is 4. The van der Waals surface area contributed by atoms with Gasteiger partial charge < -0.3 is 4.98 Å². The molecule has 3 aromatic carbocycles. The molecule has 0 amide bonds. The zero-order chi connectivity index (χ0) is 16.8. The Kier molecular flexibility index (Phi) is 3.07. The Balaban J connectivity index is 1.87. The van der Waals surface area contributed by atoms with Crippen LogP contribution in [-0.4, -0.2) is 4.98 Å². The number of hydrogen-bond donors (Lipinski definition) is 1. The minimum absolute atomic E-state index is 0.205. The molecule has 0 bridgehead atoms. The minimum atomic E-state index is -0.205. The van der Waals surface area contributed by atoms with E-state index in [0.717, 1.165) is 16.6 Å². The molecule has 0 aliphatic rings. The molecule has 0 fully saturated rings. The van der Waals surface area contributed by atoms with Crippen molar-refractivity contribution >= 4 is 32.8 Å². The van der Waals surface area contributed by atoms with E-state index in [-0.39, 0.29) is 5.82 Å². The van der Waals surface area contributed by atoms with E-state index in [0.29, 0.717) is 6.54 Å². The molecule has 5 aromatic rings. The number of nitrogens with one attached hydrogen (secondary N) is 1. The van der Waals surface area contributed by atoms with E-state index in [4.69, 9.17) is 0 Å². The minimum Gasteiger partial charge on any atom is -0.349 e. The maximum absolute atomic E-state index is 13.3. The lowest BCUT2D eigenvalue weighted by Crippen LogP contribution is -2.36. The Hall–Kier alpha value is -3.20. The van der Waals surface area contributed by atoms with Crippen LogP contribution >= 0.6 is 0 Å². The summed E-state index contributed by atoms with van der Waals surface area (Å²) >= 11 is 0. The van der Waals surface area contributed by atoms with Gasteiger partial charge in [-0.2, -0.15) is 4.57 Å². The van der Waals surface area contributed by atoms with Crippen molar-refractivity contribution in [3.8, 4) is 0 Å². The molecule has 0 aliphatic heterocycles. The first-order valence-corrected chi connectivity index (χ1v) is 8.36. The maximum atomic E-state index is 13.3. The number of aromatic nitrogens is 2. The van der Waals surface area contributed by atoms with Gasteiger partial charge in [-0.05, 0) is 48.5 Å². The first-order chi connectivity index (χ1) is 12.3. The summed E-state index contributed by atoms with van der Waals surface area (Å²) in [7, 11) is 0. The van der Waals surface area contributed by atoms with Gasteiger partial charge in [0.2, 0.25) is 11.0 Å². The van der Waals surface area contributed by atoms with Gasteiger partial charge in [-0.15, -0.1) is 0 Å². The van der Waals surface area contributed by atoms with Crippen molar-refractivity contribution in [3.63, 3.8) is 0 Å². The molecular weight excluding hydrogens is 311 g/mol. The van der Waals surface area contributed by atoms with E-state index in [1.165, 1.54) is 33.9 Å². The van der Waals surface area contributed by atoms with Crippen LogP contribution in [0.1, 0.15) is 5.56 Å². The molecule has 2 nitrogen and oxygen atoms in total. The van der Waals surface area contributed by atoms with Crippen molar-refractivity contribution in [3.05, 3.63) is 90.2 Å². The van der Waals surface area contributed by atoms with Gasteiger partial charge in [-0.3, -0.25) is 0 Å². The van der Waals surface area contributed by atoms with E-state index < -0.39 is 0 Å². The first-order valence-electron chi connectivity index (χ1n) is 8.36. The van der Waals surface area contributed by atoms with Crippen LogP contribution in [-0.2, 0) is 6.54 Å². The lowest BCUT2D eigenvalue weighted by molar-refractivity contribution is -0.635. The Labute approximate surface area is 144 Å². The fourth-order valence-corrected chi connectivity index (χ4v) is 3.61. The van der Waals surface area contributed by atoms with Crippen molar-refractivity contribution in [2.24, 2.45) is 0 Å². The summed E-state index contributed by atoms with van der Waals surface area (Å²) in [6.07, 6.45) is 0. The molecule has 1 N–H and O–H groups in total. The molecular formula is C22H16FN2+. The van der Waals surface area contributed by atoms with Gasteiger partial charge in [0, 0.05) is 17.0 Å². The summed E-state index contributed by atoms with van der Waals surface area (Å²) in [5, 5.41) is 2.38. The highest BCUT2D eigenvalue weighted by atomic mass is 19.1. The second-order valence-electron chi connectivity index (χ2n) is 6.35. The first kappa shape index (κ1) is 14.2. The van der Waals surface area contributed by atoms with Gasteiger partial charge in [0.1, 0.15) is 11.3 Å². The van der Waals surface area contributed by atoms with Gasteiger partial charge in [0.05, 0.1) is 10.9 Å². The number of pyridine rings is 1. The highest BCUT2D eigenvalue weighted by Gasteiger charge is 2.20. The van der Waals surface area contributed by atoms with Crippen LogP contribution in [0.5, 0.6) is 0 Å². The number of H-pyrrole nitrogens is 1. The summed E-state index contributed by atoms with van der Waals surface area (Å²) in [5.74, 6) is -0.205. The zero-order valence-electron chi connectivity index (χ0n) is 13.5. The number of aromatic amines is 1. The fraction of sp³-hybridized carbons (Fsp3) is 0.0455. The summed E-state index contributed by atoms with van der Waals surface area (Å²) < 4.78 is 15.6. The molecule has 120 valence electrons. The molecule has 5 rings (SSSR count). The largest absolute Gasteiger partial charge is 0.349 e. The normalized spacial score (nSPS) is 11.6. The molecule has 0 unspecified atom stereocenters. The molecule has 2 aromatic heterocycles. The summed E-state index contributed by atoms with van der Waals surface area (Å²) in [6, 6.07) is 25.7. The van der Waals surface area contributed by atoms with Crippen LogP contribution in [0.3, 0.4) is 0 Å². The Morgan fingerprint density at radius 2 is 1.56 bits per heavy atom. The number of para-hydroxylation sites is 2. The molecule has 0 spiro atoms. The van der Waals surface area contributed by atoms with Crippen molar-refractivity contribution in [2.45, 2.75) is 6.54 Å². The third kappa shape index (κ3) is 2.28. The van der Waals surface area contributed by atoms with Gasteiger partial charge in [-0.25, -0.2) is 4.39 Å². The molecule has 3 heteroatoms. The fourth-order valence-electron chi connectivity index (χ4n) is 3.61. The second-order valence-corrected chi connectivity index (χ2v) is 6.35. The zero-order valence-corrected chi connectivity index (χ0v) is 13.5. The van der Waals surface area contributed by atoms with Gasteiger partial charge in [0.25, 0.3) is 0 Å².